The van der Waals surface area contributed by atoms with Crippen molar-refractivity contribution in [2.75, 3.05) is 18.7 Å². The van der Waals surface area contributed by atoms with Crippen molar-refractivity contribution < 1.29 is 4.74 Å². The number of allylic oxidation sites excluding steroid dienone is 1. The maximum Gasteiger partial charge on any atom is 0.189 e. The van der Waals surface area contributed by atoms with Gasteiger partial charge in [0.15, 0.2) is 5.16 Å². The normalized spacial score (nSPS) is 10.2. The van der Waals surface area contributed by atoms with Crippen LogP contribution in [0.5, 0.6) is 5.75 Å². The number of anilines is 2. The minimum Gasteiger partial charge on any atom is -0.497 e. The number of hydrogen-bond donors (Lipinski definition) is 1. The van der Waals surface area contributed by atoms with E-state index in [9.17, 15) is 0 Å². The van der Waals surface area contributed by atoms with Crippen molar-refractivity contribution in [3.05, 3.63) is 48.2 Å². The minimum absolute atomic E-state index is 0.735. The molecule has 0 unspecified atom stereocenters. The summed E-state index contributed by atoms with van der Waals surface area (Å²) in [5.74, 6) is 1.66. The quantitative estimate of drug-likeness (QED) is 0.496. The molecule has 0 bridgehead atoms. The molecule has 21 heavy (non-hydrogen) atoms. The monoisotopic (exact) mass is 301 g/mol. The Labute approximate surface area is 129 Å². The number of ether oxygens (including phenoxy) is 1. The van der Waals surface area contributed by atoms with Crippen LogP contribution in [0.1, 0.15) is 11.3 Å². The summed E-state index contributed by atoms with van der Waals surface area (Å²) in [6.45, 7) is 5.80. The molecule has 1 N–H and O–H groups in total. The summed E-state index contributed by atoms with van der Waals surface area (Å²) >= 11 is 1.53. The topological polar surface area (TPSA) is 47.0 Å². The Bertz CT molecular complexity index is 626. The second-order valence-corrected chi connectivity index (χ2v) is 5.24. The zero-order chi connectivity index (χ0) is 15.2. The molecule has 5 heteroatoms. The van der Waals surface area contributed by atoms with Crippen LogP contribution in [-0.4, -0.2) is 23.3 Å². The van der Waals surface area contributed by atoms with Crippen molar-refractivity contribution in [3.8, 4) is 5.75 Å². The van der Waals surface area contributed by atoms with Gasteiger partial charge in [0.1, 0.15) is 11.6 Å². The molecule has 0 fully saturated rings. The van der Waals surface area contributed by atoms with Crippen molar-refractivity contribution in [1.82, 2.24) is 9.97 Å². The summed E-state index contributed by atoms with van der Waals surface area (Å²) in [4.78, 5) is 9.05. The van der Waals surface area contributed by atoms with Crippen LogP contribution in [0.15, 0.2) is 42.1 Å². The second-order valence-electron chi connectivity index (χ2n) is 4.47. The molecule has 0 spiro atoms. The lowest BCUT2D eigenvalue weighted by atomic mass is 10.1. The van der Waals surface area contributed by atoms with Gasteiger partial charge in [0.2, 0.25) is 0 Å². The number of nitrogens with one attached hydrogen (secondary N) is 1. The van der Waals surface area contributed by atoms with Gasteiger partial charge in [-0.25, -0.2) is 9.97 Å². The van der Waals surface area contributed by atoms with Crippen LogP contribution < -0.4 is 10.1 Å². The van der Waals surface area contributed by atoms with Gasteiger partial charge in [-0.2, -0.15) is 0 Å². The van der Waals surface area contributed by atoms with Gasteiger partial charge >= 0.3 is 0 Å². The predicted molar refractivity (Wildman–Crippen MR) is 88.7 cm³/mol. The number of hydrogen-bond acceptors (Lipinski definition) is 5. The average Bonchev–Trinajstić information content (AvgIpc) is 2.51. The van der Waals surface area contributed by atoms with E-state index >= 15 is 0 Å². The fourth-order valence-corrected chi connectivity index (χ4v) is 2.38. The summed E-state index contributed by atoms with van der Waals surface area (Å²) in [5, 5.41) is 4.12. The van der Waals surface area contributed by atoms with E-state index in [0.29, 0.717) is 0 Å². The number of aromatic nitrogens is 2. The van der Waals surface area contributed by atoms with Crippen molar-refractivity contribution in [3.63, 3.8) is 0 Å². The highest BCUT2D eigenvalue weighted by atomic mass is 32.2. The third kappa shape index (κ3) is 3.76. The first kappa shape index (κ1) is 15.4. The summed E-state index contributed by atoms with van der Waals surface area (Å²) < 4.78 is 5.17. The van der Waals surface area contributed by atoms with Gasteiger partial charge in [0, 0.05) is 16.9 Å². The molecule has 2 rings (SSSR count). The molecule has 0 aliphatic heterocycles. The summed E-state index contributed by atoms with van der Waals surface area (Å²) in [7, 11) is 1.66. The van der Waals surface area contributed by atoms with Crippen molar-refractivity contribution >= 4 is 23.3 Å². The summed E-state index contributed by atoms with van der Waals surface area (Å²) in [6.07, 6.45) is 4.57. The van der Waals surface area contributed by atoms with Gasteiger partial charge in [-0.15, -0.1) is 6.58 Å². The number of aryl methyl sites for hydroxylation is 1. The fourth-order valence-electron chi connectivity index (χ4n) is 1.96. The van der Waals surface area contributed by atoms with E-state index in [4.69, 9.17) is 4.74 Å². The van der Waals surface area contributed by atoms with Gasteiger partial charge in [-0.05, 0) is 43.9 Å². The molecule has 2 aromatic rings. The van der Waals surface area contributed by atoms with Crippen LogP contribution in [0.3, 0.4) is 0 Å². The molecule has 1 aromatic carbocycles. The van der Waals surface area contributed by atoms with E-state index in [1.807, 2.05) is 43.5 Å². The predicted octanol–water partition coefficient (Wildman–Crippen LogP) is 3.99. The Balaban J connectivity index is 2.35. The zero-order valence-corrected chi connectivity index (χ0v) is 13.3. The van der Waals surface area contributed by atoms with Crippen LogP contribution in [-0.2, 0) is 6.42 Å². The number of rotatable bonds is 6. The van der Waals surface area contributed by atoms with Crippen molar-refractivity contribution in [2.45, 2.75) is 18.5 Å². The Morgan fingerprint density at radius 1 is 1.29 bits per heavy atom. The highest BCUT2D eigenvalue weighted by Gasteiger charge is 2.10. The lowest BCUT2D eigenvalue weighted by molar-refractivity contribution is 0.415. The van der Waals surface area contributed by atoms with Crippen LogP contribution in [0, 0.1) is 6.92 Å². The molecular weight excluding hydrogens is 282 g/mol. The van der Waals surface area contributed by atoms with Crippen LogP contribution in [0.4, 0.5) is 11.5 Å². The van der Waals surface area contributed by atoms with E-state index in [0.717, 1.165) is 40.1 Å². The van der Waals surface area contributed by atoms with Gasteiger partial charge in [-0.3, -0.25) is 0 Å². The molecule has 0 saturated heterocycles. The first-order valence-electron chi connectivity index (χ1n) is 6.61. The second kappa shape index (κ2) is 7.13. The Morgan fingerprint density at radius 3 is 2.57 bits per heavy atom. The third-order valence-electron chi connectivity index (χ3n) is 3.08. The van der Waals surface area contributed by atoms with Crippen molar-refractivity contribution in [1.29, 1.82) is 0 Å². The highest BCUT2D eigenvalue weighted by Crippen LogP contribution is 2.25. The van der Waals surface area contributed by atoms with Crippen molar-refractivity contribution in [2.24, 2.45) is 0 Å². The lowest BCUT2D eigenvalue weighted by Crippen LogP contribution is -2.04. The van der Waals surface area contributed by atoms with Crippen LogP contribution in [0.2, 0.25) is 0 Å². The van der Waals surface area contributed by atoms with E-state index in [1.54, 1.807) is 7.11 Å². The molecule has 0 aliphatic carbocycles. The summed E-state index contributed by atoms with van der Waals surface area (Å²) in [6, 6.07) is 7.76. The average molecular weight is 301 g/mol. The fraction of sp³-hybridized carbons (Fsp3) is 0.250. The van der Waals surface area contributed by atoms with Gasteiger partial charge in [0.05, 0.1) is 7.11 Å². The Hall–Kier alpha value is -2.01. The largest absolute Gasteiger partial charge is 0.497 e. The van der Waals surface area contributed by atoms with Gasteiger partial charge in [0.25, 0.3) is 0 Å². The minimum atomic E-state index is 0.735. The highest BCUT2D eigenvalue weighted by molar-refractivity contribution is 7.98. The third-order valence-corrected chi connectivity index (χ3v) is 3.62. The van der Waals surface area contributed by atoms with Gasteiger partial charge < -0.3 is 10.1 Å². The number of nitrogens with zero attached hydrogens (tertiary/aromatic N) is 2. The molecule has 4 nitrogen and oxygen atoms in total. The Kier molecular flexibility index (Phi) is 5.22. The smallest absolute Gasteiger partial charge is 0.189 e. The lowest BCUT2D eigenvalue weighted by Gasteiger charge is -2.13. The maximum absolute atomic E-state index is 5.17. The zero-order valence-electron chi connectivity index (χ0n) is 12.5. The standard InChI is InChI=1S/C16H19N3OS/c1-5-6-14-11(2)17-16(21-4)19-15(14)18-12-7-9-13(20-3)10-8-12/h5,7-10H,1,6H2,2-4H3,(H,17,18,19). The molecule has 110 valence electrons. The van der Waals surface area contributed by atoms with E-state index in [2.05, 4.69) is 21.9 Å². The number of methoxy groups -OCH3 is 1. The number of benzene rings is 1. The molecule has 0 aliphatic rings. The molecule has 0 amide bonds. The van der Waals surface area contributed by atoms with Crippen LogP contribution in [0.25, 0.3) is 0 Å². The van der Waals surface area contributed by atoms with Crippen LogP contribution >= 0.6 is 11.8 Å². The molecule has 0 atom stereocenters. The molecule has 1 heterocycles. The molecule has 1 aromatic heterocycles. The maximum atomic E-state index is 5.17. The Morgan fingerprint density at radius 2 is 2.00 bits per heavy atom. The number of thioether (sulfide) groups is 1. The summed E-state index contributed by atoms with van der Waals surface area (Å²) in [5.41, 5.74) is 3.01. The molecule has 0 radical (unpaired) electrons. The van der Waals surface area contributed by atoms with Gasteiger partial charge in [-0.1, -0.05) is 17.8 Å². The first-order valence-corrected chi connectivity index (χ1v) is 7.84. The molecule has 0 saturated carbocycles. The SMILES string of the molecule is C=CCc1c(C)nc(SC)nc1Nc1ccc(OC)cc1. The first-order chi connectivity index (χ1) is 10.2. The van der Waals surface area contributed by atoms with E-state index in [1.165, 1.54) is 11.8 Å². The van der Waals surface area contributed by atoms with E-state index < -0.39 is 0 Å². The van der Waals surface area contributed by atoms with E-state index in [-0.39, 0.29) is 0 Å². The molecular formula is C16H19N3OS.